The molecule has 1 heterocycles. The molecule has 0 bridgehead atoms. The zero-order chi connectivity index (χ0) is 23.6. The van der Waals surface area contributed by atoms with E-state index in [0.29, 0.717) is 42.9 Å². The second-order valence-corrected chi connectivity index (χ2v) is 10.9. The molecule has 0 unspecified atom stereocenters. The van der Waals surface area contributed by atoms with Crippen molar-refractivity contribution in [2.75, 3.05) is 43.6 Å². The summed E-state index contributed by atoms with van der Waals surface area (Å²) in [5, 5.41) is 0. The van der Waals surface area contributed by atoms with Crippen LogP contribution in [0.4, 0.5) is 10.1 Å². The number of rotatable bonds is 5. The molecule has 1 amide bonds. The summed E-state index contributed by atoms with van der Waals surface area (Å²) < 4.78 is 37.7. The van der Waals surface area contributed by atoms with Gasteiger partial charge in [0.1, 0.15) is 5.82 Å². The van der Waals surface area contributed by atoms with Gasteiger partial charge in [0.15, 0.2) is 9.84 Å². The van der Waals surface area contributed by atoms with Crippen LogP contribution in [0.2, 0.25) is 0 Å². The highest BCUT2D eigenvalue weighted by atomic mass is 32.2. The standard InChI is InChI=1S/C25H25FN2O3S2/c1-32-21-9-7-20(8-10-21)27-13-15-28(16-14-27)25(29)24-17-22(33(2,30)31)11-12-23(24)18-3-5-19(26)6-4-18/h3-12,17H,13-16H2,1-2H3. The number of nitrogens with zero attached hydrogens (tertiary/aromatic N) is 2. The molecule has 3 aromatic rings. The van der Waals surface area contributed by atoms with Gasteiger partial charge >= 0.3 is 0 Å². The Kier molecular flexibility index (Phi) is 6.76. The molecule has 4 rings (SSSR count). The van der Waals surface area contributed by atoms with Crippen molar-refractivity contribution in [1.82, 2.24) is 4.90 Å². The average molecular weight is 485 g/mol. The summed E-state index contributed by atoms with van der Waals surface area (Å²) in [6.45, 7) is 2.41. The highest BCUT2D eigenvalue weighted by molar-refractivity contribution is 7.98. The minimum atomic E-state index is -3.49. The van der Waals surface area contributed by atoms with E-state index in [2.05, 4.69) is 29.2 Å². The van der Waals surface area contributed by atoms with Crippen LogP contribution in [0.3, 0.4) is 0 Å². The number of thioether (sulfide) groups is 1. The maximum atomic E-state index is 13.5. The zero-order valence-electron chi connectivity index (χ0n) is 18.5. The van der Waals surface area contributed by atoms with E-state index in [0.717, 1.165) is 11.9 Å². The Balaban J connectivity index is 1.59. The topological polar surface area (TPSA) is 57.7 Å². The van der Waals surface area contributed by atoms with Crippen LogP contribution in [0.25, 0.3) is 11.1 Å². The SMILES string of the molecule is CSc1ccc(N2CCN(C(=O)c3cc(S(C)(=O)=O)ccc3-c3ccc(F)cc3)CC2)cc1. The summed E-state index contributed by atoms with van der Waals surface area (Å²) in [5.41, 5.74) is 2.67. The fraction of sp³-hybridized carbons (Fsp3) is 0.240. The maximum Gasteiger partial charge on any atom is 0.254 e. The molecular weight excluding hydrogens is 459 g/mol. The van der Waals surface area contributed by atoms with Gasteiger partial charge in [-0.25, -0.2) is 12.8 Å². The second-order valence-electron chi connectivity index (χ2n) is 7.96. The Bertz CT molecular complexity index is 1250. The quantitative estimate of drug-likeness (QED) is 0.496. The van der Waals surface area contributed by atoms with Gasteiger partial charge in [0.05, 0.1) is 4.90 Å². The number of hydrogen-bond acceptors (Lipinski definition) is 5. The molecule has 8 heteroatoms. The lowest BCUT2D eigenvalue weighted by Gasteiger charge is -2.36. The van der Waals surface area contributed by atoms with E-state index in [-0.39, 0.29) is 16.6 Å². The molecular formula is C25H25FN2O3S2. The summed E-state index contributed by atoms with van der Waals surface area (Å²) in [4.78, 5) is 18.8. The van der Waals surface area contributed by atoms with Crippen LogP contribution in [-0.4, -0.2) is 57.9 Å². The molecule has 1 fully saturated rings. The van der Waals surface area contributed by atoms with Crippen LogP contribution in [0.5, 0.6) is 0 Å². The van der Waals surface area contributed by atoms with E-state index in [9.17, 15) is 17.6 Å². The molecule has 0 aromatic heterocycles. The Morgan fingerprint density at radius 3 is 2.12 bits per heavy atom. The fourth-order valence-electron chi connectivity index (χ4n) is 3.94. The molecule has 33 heavy (non-hydrogen) atoms. The number of amides is 1. The van der Waals surface area contributed by atoms with Gasteiger partial charge in [-0.2, -0.15) is 0 Å². The van der Waals surface area contributed by atoms with Gasteiger partial charge in [0.25, 0.3) is 5.91 Å². The second kappa shape index (κ2) is 9.57. The average Bonchev–Trinajstić information content (AvgIpc) is 2.83. The van der Waals surface area contributed by atoms with E-state index < -0.39 is 9.84 Å². The number of benzene rings is 3. The lowest BCUT2D eigenvalue weighted by Crippen LogP contribution is -2.48. The van der Waals surface area contributed by atoms with E-state index >= 15 is 0 Å². The number of piperazine rings is 1. The number of halogens is 1. The molecule has 1 aliphatic rings. The van der Waals surface area contributed by atoms with Gasteiger partial charge < -0.3 is 9.80 Å². The van der Waals surface area contributed by atoms with Crippen molar-refractivity contribution in [2.45, 2.75) is 9.79 Å². The molecule has 3 aromatic carbocycles. The molecule has 0 saturated carbocycles. The lowest BCUT2D eigenvalue weighted by atomic mass is 9.98. The van der Waals surface area contributed by atoms with Crippen molar-refractivity contribution in [3.63, 3.8) is 0 Å². The summed E-state index contributed by atoms with van der Waals surface area (Å²) in [6, 6.07) is 18.7. The molecule has 1 aliphatic heterocycles. The van der Waals surface area contributed by atoms with E-state index in [4.69, 9.17) is 0 Å². The predicted molar refractivity (Wildman–Crippen MR) is 131 cm³/mol. The molecule has 0 spiro atoms. The molecule has 0 aliphatic carbocycles. The largest absolute Gasteiger partial charge is 0.368 e. The van der Waals surface area contributed by atoms with Gasteiger partial charge in [0, 0.05) is 48.6 Å². The molecule has 0 radical (unpaired) electrons. The third-order valence-electron chi connectivity index (χ3n) is 5.81. The summed E-state index contributed by atoms with van der Waals surface area (Å²) in [5.74, 6) is -0.599. The smallest absolute Gasteiger partial charge is 0.254 e. The Morgan fingerprint density at radius 1 is 0.909 bits per heavy atom. The number of sulfone groups is 1. The van der Waals surface area contributed by atoms with Crippen molar-refractivity contribution in [2.24, 2.45) is 0 Å². The van der Waals surface area contributed by atoms with E-state index in [1.165, 1.54) is 29.2 Å². The molecule has 1 saturated heterocycles. The van der Waals surface area contributed by atoms with Crippen LogP contribution < -0.4 is 4.90 Å². The fourth-order valence-corrected chi connectivity index (χ4v) is 5.00. The van der Waals surface area contributed by atoms with Gasteiger partial charge in [-0.05, 0) is 65.9 Å². The monoisotopic (exact) mass is 484 g/mol. The lowest BCUT2D eigenvalue weighted by molar-refractivity contribution is 0.0747. The van der Waals surface area contributed by atoms with Crippen molar-refractivity contribution in [3.05, 3.63) is 78.1 Å². The Labute approximate surface area is 198 Å². The number of carbonyl (C=O) groups excluding carboxylic acids is 1. The number of anilines is 1. The van der Waals surface area contributed by atoms with Gasteiger partial charge in [-0.15, -0.1) is 11.8 Å². The minimum absolute atomic E-state index is 0.0873. The molecule has 0 atom stereocenters. The minimum Gasteiger partial charge on any atom is -0.368 e. The van der Waals surface area contributed by atoms with Crippen molar-refractivity contribution < 1.29 is 17.6 Å². The first kappa shape index (κ1) is 23.3. The van der Waals surface area contributed by atoms with Crippen molar-refractivity contribution in [1.29, 1.82) is 0 Å². The summed E-state index contributed by atoms with van der Waals surface area (Å²) >= 11 is 1.69. The van der Waals surface area contributed by atoms with Gasteiger partial charge in [-0.1, -0.05) is 18.2 Å². The highest BCUT2D eigenvalue weighted by Gasteiger charge is 2.25. The third-order valence-corrected chi connectivity index (χ3v) is 7.66. The Hall–Kier alpha value is -2.84. The van der Waals surface area contributed by atoms with Gasteiger partial charge in [-0.3, -0.25) is 4.79 Å². The van der Waals surface area contributed by atoms with Crippen molar-refractivity contribution in [3.8, 4) is 11.1 Å². The summed E-state index contributed by atoms with van der Waals surface area (Å²) in [6.07, 6.45) is 3.16. The number of carbonyl (C=O) groups is 1. The predicted octanol–water partition coefficient (Wildman–Crippen LogP) is 4.58. The molecule has 172 valence electrons. The van der Waals surface area contributed by atoms with Gasteiger partial charge in [0.2, 0.25) is 0 Å². The summed E-state index contributed by atoms with van der Waals surface area (Å²) in [7, 11) is -3.49. The van der Waals surface area contributed by atoms with E-state index in [1.807, 2.05) is 6.26 Å². The first-order valence-corrected chi connectivity index (χ1v) is 13.7. The normalized spacial score (nSPS) is 14.4. The van der Waals surface area contributed by atoms with Crippen LogP contribution >= 0.6 is 11.8 Å². The van der Waals surface area contributed by atoms with Crippen LogP contribution in [-0.2, 0) is 9.84 Å². The van der Waals surface area contributed by atoms with Crippen LogP contribution in [0.15, 0.2) is 76.5 Å². The molecule has 5 nitrogen and oxygen atoms in total. The first-order valence-electron chi connectivity index (χ1n) is 10.5. The van der Waals surface area contributed by atoms with E-state index in [1.54, 1.807) is 34.9 Å². The number of hydrogen-bond donors (Lipinski definition) is 0. The zero-order valence-corrected chi connectivity index (χ0v) is 20.1. The Morgan fingerprint density at radius 2 is 1.55 bits per heavy atom. The third kappa shape index (κ3) is 5.23. The first-order chi connectivity index (χ1) is 15.8. The molecule has 0 N–H and O–H groups in total. The van der Waals surface area contributed by atoms with Crippen molar-refractivity contribution >= 4 is 33.2 Å². The highest BCUT2D eigenvalue weighted by Crippen LogP contribution is 2.29. The maximum absolute atomic E-state index is 13.5. The van der Waals surface area contributed by atoms with Crippen LogP contribution in [0.1, 0.15) is 10.4 Å². The van der Waals surface area contributed by atoms with Crippen LogP contribution in [0, 0.1) is 5.82 Å².